The van der Waals surface area contributed by atoms with E-state index in [-0.39, 0.29) is 17.2 Å². The molecule has 2 aromatic rings. The van der Waals surface area contributed by atoms with Crippen LogP contribution < -0.4 is 5.32 Å². The van der Waals surface area contributed by atoms with Crippen LogP contribution in [0.5, 0.6) is 17.2 Å². The monoisotopic (exact) mass is 231 g/mol. The summed E-state index contributed by atoms with van der Waals surface area (Å²) < 4.78 is 0. The highest BCUT2D eigenvalue weighted by Crippen LogP contribution is 2.26. The van der Waals surface area contributed by atoms with Gasteiger partial charge in [0.2, 0.25) is 0 Å². The minimum Gasteiger partial charge on any atom is -0.506 e. The molecule has 0 amide bonds. The number of phenolic OH excluding ortho intramolecular Hbond substituents is 3. The fourth-order valence-corrected chi connectivity index (χ4v) is 1.50. The predicted molar refractivity (Wildman–Crippen MR) is 65.2 cm³/mol. The van der Waals surface area contributed by atoms with E-state index in [1.807, 2.05) is 6.07 Å². The van der Waals surface area contributed by atoms with Crippen LogP contribution in [0.3, 0.4) is 0 Å². The molecular weight excluding hydrogens is 218 g/mol. The van der Waals surface area contributed by atoms with Gasteiger partial charge in [-0.15, -0.1) is 0 Å². The van der Waals surface area contributed by atoms with Gasteiger partial charge in [-0.2, -0.15) is 0 Å². The number of benzene rings is 2. The Bertz CT molecular complexity index is 526. The number of hydrogen-bond donors (Lipinski definition) is 4. The molecule has 0 saturated heterocycles. The van der Waals surface area contributed by atoms with Crippen molar-refractivity contribution >= 4 is 5.69 Å². The third-order valence-electron chi connectivity index (χ3n) is 2.43. The number of aromatic hydroxyl groups is 3. The Morgan fingerprint density at radius 3 is 2.29 bits per heavy atom. The van der Waals surface area contributed by atoms with Gasteiger partial charge in [-0.1, -0.05) is 18.2 Å². The molecule has 0 unspecified atom stereocenters. The second kappa shape index (κ2) is 4.65. The van der Waals surface area contributed by atoms with E-state index in [2.05, 4.69) is 5.32 Å². The van der Waals surface area contributed by atoms with Crippen LogP contribution in [0.4, 0.5) is 5.69 Å². The van der Waals surface area contributed by atoms with Crippen molar-refractivity contribution in [2.45, 2.75) is 6.54 Å². The second-order valence-electron chi connectivity index (χ2n) is 3.69. The first-order valence-electron chi connectivity index (χ1n) is 5.19. The lowest BCUT2D eigenvalue weighted by molar-refractivity contribution is 0.403. The lowest BCUT2D eigenvalue weighted by Gasteiger charge is -2.08. The van der Waals surface area contributed by atoms with Crippen molar-refractivity contribution in [1.82, 2.24) is 0 Å². The summed E-state index contributed by atoms with van der Waals surface area (Å²) in [5, 5.41) is 31.1. The molecule has 0 spiro atoms. The molecule has 0 atom stereocenters. The van der Waals surface area contributed by atoms with E-state index < -0.39 is 0 Å². The predicted octanol–water partition coefficient (Wildman–Crippen LogP) is 2.42. The lowest BCUT2D eigenvalue weighted by atomic mass is 10.2. The average molecular weight is 231 g/mol. The van der Waals surface area contributed by atoms with Crippen molar-refractivity contribution in [3.8, 4) is 17.2 Å². The normalized spacial score (nSPS) is 10.1. The molecule has 2 rings (SSSR count). The molecule has 0 bridgehead atoms. The first-order valence-corrected chi connectivity index (χ1v) is 5.19. The van der Waals surface area contributed by atoms with Gasteiger partial charge in [-0.25, -0.2) is 0 Å². The highest BCUT2D eigenvalue weighted by atomic mass is 16.3. The average Bonchev–Trinajstić information content (AvgIpc) is 2.32. The second-order valence-corrected chi connectivity index (χ2v) is 3.69. The quantitative estimate of drug-likeness (QED) is 0.612. The van der Waals surface area contributed by atoms with Crippen LogP contribution in [0.15, 0.2) is 42.5 Å². The molecule has 0 aliphatic heterocycles. The van der Waals surface area contributed by atoms with Crippen LogP contribution in [0.2, 0.25) is 0 Å². The Morgan fingerprint density at radius 1 is 0.824 bits per heavy atom. The Morgan fingerprint density at radius 2 is 1.59 bits per heavy atom. The highest BCUT2D eigenvalue weighted by molar-refractivity contribution is 5.55. The van der Waals surface area contributed by atoms with E-state index in [9.17, 15) is 10.2 Å². The number of para-hydroxylation sites is 2. The van der Waals surface area contributed by atoms with Crippen molar-refractivity contribution in [2.75, 3.05) is 5.32 Å². The molecule has 0 fully saturated rings. The van der Waals surface area contributed by atoms with Crippen molar-refractivity contribution < 1.29 is 15.3 Å². The van der Waals surface area contributed by atoms with Gasteiger partial charge in [0, 0.05) is 6.54 Å². The minimum atomic E-state index is -0.151. The SMILES string of the molecule is Oc1ccc(CNc2ccccc2O)cc1O. The van der Waals surface area contributed by atoms with E-state index in [4.69, 9.17) is 5.11 Å². The Kier molecular flexibility index (Phi) is 3.05. The van der Waals surface area contributed by atoms with Gasteiger partial charge in [-0.3, -0.25) is 0 Å². The molecule has 0 saturated carbocycles. The maximum absolute atomic E-state index is 9.54. The van der Waals surface area contributed by atoms with Gasteiger partial charge in [0.15, 0.2) is 11.5 Å². The van der Waals surface area contributed by atoms with Crippen molar-refractivity contribution in [2.24, 2.45) is 0 Å². The zero-order chi connectivity index (χ0) is 12.3. The molecule has 0 heterocycles. The molecule has 0 aromatic heterocycles. The lowest BCUT2D eigenvalue weighted by Crippen LogP contribution is -1.99. The summed E-state index contributed by atoms with van der Waals surface area (Å²) in [6, 6.07) is 11.5. The number of phenols is 3. The van der Waals surface area contributed by atoms with Crippen LogP contribution in [-0.4, -0.2) is 15.3 Å². The summed E-state index contributed by atoms with van der Waals surface area (Å²) in [5.74, 6) is -0.117. The van der Waals surface area contributed by atoms with Gasteiger partial charge in [0.1, 0.15) is 5.75 Å². The number of anilines is 1. The summed E-state index contributed by atoms with van der Waals surface area (Å²) in [7, 11) is 0. The van der Waals surface area contributed by atoms with E-state index in [0.29, 0.717) is 12.2 Å². The zero-order valence-electron chi connectivity index (χ0n) is 9.09. The number of nitrogens with one attached hydrogen (secondary N) is 1. The van der Waals surface area contributed by atoms with Gasteiger partial charge in [0.05, 0.1) is 5.69 Å². The molecule has 0 aliphatic rings. The smallest absolute Gasteiger partial charge is 0.157 e. The summed E-state index contributed by atoms with van der Waals surface area (Å²) in [4.78, 5) is 0. The molecule has 88 valence electrons. The van der Waals surface area contributed by atoms with E-state index in [1.165, 1.54) is 12.1 Å². The van der Waals surface area contributed by atoms with Crippen LogP contribution in [0.1, 0.15) is 5.56 Å². The van der Waals surface area contributed by atoms with E-state index in [1.54, 1.807) is 24.3 Å². The van der Waals surface area contributed by atoms with Crippen molar-refractivity contribution in [3.05, 3.63) is 48.0 Å². The summed E-state index contributed by atoms with van der Waals surface area (Å²) in [5.41, 5.74) is 1.43. The van der Waals surface area contributed by atoms with Gasteiger partial charge in [-0.05, 0) is 29.8 Å². The van der Waals surface area contributed by atoms with E-state index >= 15 is 0 Å². The Balaban J connectivity index is 2.08. The fraction of sp³-hybridized carbons (Fsp3) is 0.0769. The minimum absolute atomic E-state index is 0.142. The summed E-state index contributed by atoms with van der Waals surface area (Å²) >= 11 is 0. The third kappa shape index (κ3) is 2.60. The van der Waals surface area contributed by atoms with Crippen LogP contribution in [0, 0.1) is 0 Å². The number of hydrogen-bond acceptors (Lipinski definition) is 4. The zero-order valence-corrected chi connectivity index (χ0v) is 9.09. The number of rotatable bonds is 3. The van der Waals surface area contributed by atoms with Crippen LogP contribution in [-0.2, 0) is 6.54 Å². The maximum atomic E-state index is 9.54. The Hall–Kier alpha value is -2.36. The first kappa shape index (κ1) is 11.1. The van der Waals surface area contributed by atoms with Gasteiger partial charge < -0.3 is 20.6 Å². The molecule has 4 heteroatoms. The van der Waals surface area contributed by atoms with Crippen LogP contribution >= 0.6 is 0 Å². The fourth-order valence-electron chi connectivity index (χ4n) is 1.50. The third-order valence-corrected chi connectivity index (χ3v) is 2.43. The van der Waals surface area contributed by atoms with E-state index in [0.717, 1.165) is 5.56 Å². The summed E-state index contributed by atoms with van der Waals surface area (Å²) in [6.07, 6.45) is 0. The Labute approximate surface area is 98.8 Å². The molecule has 17 heavy (non-hydrogen) atoms. The van der Waals surface area contributed by atoms with Gasteiger partial charge in [0.25, 0.3) is 0 Å². The largest absolute Gasteiger partial charge is 0.506 e. The standard InChI is InChI=1S/C13H13NO3/c15-11-4-2-1-3-10(11)14-8-9-5-6-12(16)13(17)7-9/h1-7,14-17H,8H2. The van der Waals surface area contributed by atoms with Crippen molar-refractivity contribution in [3.63, 3.8) is 0 Å². The highest BCUT2D eigenvalue weighted by Gasteiger charge is 2.02. The first-order chi connectivity index (χ1) is 8.16. The van der Waals surface area contributed by atoms with Crippen molar-refractivity contribution in [1.29, 1.82) is 0 Å². The topological polar surface area (TPSA) is 72.7 Å². The van der Waals surface area contributed by atoms with Gasteiger partial charge >= 0.3 is 0 Å². The summed E-state index contributed by atoms with van der Waals surface area (Å²) in [6.45, 7) is 0.450. The molecule has 0 aliphatic carbocycles. The maximum Gasteiger partial charge on any atom is 0.157 e. The molecule has 4 N–H and O–H groups in total. The molecule has 0 radical (unpaired) electrons. The molecular formula is C13H13NO3. The molecule has 4 nitrogen and oxygen atoms in total. The molecule has 2 aromatic carbocycles. The van der Waals surface area contributed by atoms with Crippen LogP contribution in [0.25, 0.3) is 0 Å².